The van der Waals surface area contributed by atoms with Gasteiger partial charge in [0.2, 0.25) is 0 Å². The fourth-order valence-corrected chi connectivity index (χ4v) is 4.41. The van der Waals surface area contributed by atoms with Crippen LogP contribution in [0.4, 0.5) is 0 Å². The van der Waals surface area contributed by atoms with Gasteiger partial charge in [0.15, 0.2) is 11.5 Å². The second-order valence-electron chi connectivity index (χ2n) is 7.66. The molecule has 0 aliphatic heterocycles. The maximum absolute atomic E-state index is 12.8. The summed E-state index contributed by atoms with van der Waals surface area (Å²) < 4.78 is 2.55. The zero-order chi connectivity index (χ0) is 20.6. The van der Waals surface area contributed by atoms with E-state index >= 15 is 0 Å². The lowest BCUT2D eigenvalue weighted by molar-refractivity contribution is 0.632. The van der Waals surface area contributed by atoms with Crippen molar-refractivity contribution < 1.29 is 0 Å². The van der Waals surface area contributed by atoms with Gasteiger partial charge in [-0.25, -0.2) is 14.8 Å². The Bertz CT molecular complexity index is 1140. The summed E-state index contributed by atoms with van der Waals surface area (Å²) in [6, 6.07) is 6.14. The summed E-state index contributed by atoms with van der Waals surface area (Å²) in [4.78, 5) is 34.6. The number of aryl methyl sites for hydroxylation is 3. The molecular weight excluding hydrogens is 372 g/mol. The number of hydrogen-bond acceptors (Lipinski definition) is 5. The highest BCUT2D eigenvalue weighted by Crippen LogP contribution is 2.28. The van der Waals surface area contributed by atoms with E-state index in [4.69, 9.17) is 4.98 Å². The highest BCUT2D eigenvalue weighted by atomic mass is 32.2. The van der Waals surface area contributed by atoms with Crippen LogP contribution in [0.3, 0.4) is 0 Å². The SMILES string of the molecule is Cc1cc(C)cc(-c2nc(SCCC(C)C)c3c(=O)n(C)c(=O)n(C)c3n2)c1. The fourth-order valence-electron chi connectivity index (χ4n) is 3.16. The van der Waals surface area contributed by atoms with E-state index in [0.29, 0.717) is 27.8 Å². The van der Waals surface area contributed by atoms with Crippen molar-refractivity contribution in [2.75, 3.05) is 5.75 Å². The molecule has 0 saturated heterocycles. The Balaban J connectivity index is 2.30. The number of aromatic nitrogens is 4. The van der Waals surface area contributed by atoms with Crippen molar-refractivity contribution in [3.8, 4) is 11.4 Å². The Morgan fingerprint density at radius 3 is 2.25 bits per heavy atom. The Labute approximate surface area is 168 Å². The normalized spacial score (nSPS) is 11.5. The molecule has 3 rings (SSSR count). The van der Waals surface area contributed by atoms with Crippen molar-refractivity contribution in [3.63, 3.8) is 0 Å². The third-order valence-electron chi connectivity index (χ3n) is 4.68. The van der Waals surface area contributed by atoms with Crippen LogP contribution in [-0.2, 0) is 14.1 Å². The third kappa shape index (κ3) is 3.90. The topological polar surface area (TPSA) is 69.8 Å². The first-order valence-electron chi connectivity index (χ1n) is 9.38. The summed E-state index contributed by atoms with van der Waals surface area (Å²) in [6.07, 6.45) is 1.02. The molecule has 1 aromatic carbocycles. The summed E-state index contributed by atoms with van der Waals surface area (Å²) in [5.41, 5.74) is 2.76. The van der Waals surface area contributed by atoms with Crippen molar-refractivity contribution in [2.24, 2.45) is 20.0 Å². The number of hydrogen-bond donors (Lipinski definition) is 0. The molecular formula is C21H26N4O2S. The van der Waals surface area contributed by atoms with E-state index in [1.165, 1.54) is 11.6 Å². The van der Waals surface area contributed by atoms with E-state index in [0.717, 1.165) is 33.4 Å². The largest absolute Gasteiger partial charge is 0.332 e. The van der Waals surface area contributed by atoms with Gasteiger partial charge in [0.25, 0.3) is 5.56 Å². The smallest absolute Gasteiger partial charge is 0.280 e. The lowest BCUT2D eigenvalue weighted by Gasteiger charge is -2.13. The van der Waals surface area contributed by atoms with Gasteiger partial charge in [0.05, 0.1) is 0 Å². The highest BCUT2D eigenvalue weighted by Gasteiger charge is 2.18. The lowest BCUT2D eigenvalue weighted by Crippen LogP contribution is -2.37. The van der Waals surface area contributed by atoms with E-state index in [1.54, 1.807) is 18.8 Å². The van der Waals surface area contributed by atoms with E-state index in [2.05, 4.69) is 24.9 Å². The van der Waals surface area contributed by atoms with E-state index < -0.39 is 0 Å². The first-order valence-corrected chi connectivity index (χ1v) is 10.4. The predicted octanol–water partition coefficient (Wildman–Crippen LogP) is 3.45. The van der Waals surface area contributed by atoms with E-state index in [9.17, 15) is 9.59 Å². The van der Waals surface area contributed by atoms with Gasteiger partial charge >= 0.3 is 5.69 Å². The molecule has 28 heavy (non-hydrogen) atoms. The summed E-state index contributed by atoms with van der Waals surface area (Å²) in [7, 11) is 3.13. The van der Waals surface area contributed by atoms with Crippen LogP contribution in [0.2, 0.25) is 0 Å². The summed E-state index contributed by atoms with van der Waals surface area (Å²) in [5, 5.41) is 1.04. The lowest BCUT2D eigenvalue weighted by atomic mass is 10.1. The molecule has 0 bridgehead atoms. The molecule has 0 radical (unpaired) electrons. The van der Waals surface area contributed by atoms with Crippen molar-refractivity contribution in [2.45, 2.75) is 39.1 Å². The van der Waals surface area contributed by atoms with Crippen LogP contribution in [0.1, 0.15) is 31.4 Å². The van der Waals surface area contributed by atoms with Crippen LogP contribution in [0.15, 0.2) is 32.8 Å². The molecule has 0 spiro atoms. The second kappa shape index (κ2) is 7.91. The molecule has 0 aliphatic rings. The second-order valence-corrected chi connectivity index (χ2v) is 8.75. The van der Waals surface area contributed by atoms with Crippen molar-refractivity contribution in [3.05, 3.63) is 50.2 Å². The van der Waals surface area contributed by atoms with E-state index in [-0.39, 0.29) is 11.2 Å². The van der Waals surface area contributed by atoms with Crippen molar-refractivity contribution in [1.29, 1.82) is 0 Å². The first kappa shape index (κ1) is 20.3. The molecule has 0 fully saturated rings. The van der Waals surface area contributed by atoms with E-state index in [1.807, 2.05) is 26.0 Å². The molecule has 2 heterocycles. The van der Waals surface area contributed by atoms with Gasteiger partial charge in [0, 0.05) is 19.7 Å². The van der Waals surface area contributed by atoms with Crippen LogP contribution in [0, 0.1) is 19.8 Å². The van der Waals surface area contributed by atoms with Gasteiger partial charge in [-0.1, -0.05) is 31.0 Å². The maximum atomic E-state index is 12.8. The van der Waals surface area contributed by atoms with Crippen LogP contribution in [0.5, 0.6) is 0 Å². The molecule has 7 heteroatoms. The van der Waals surface area contributed by atoms with Gasteiger partial charge in [-0.05, 0) is 44.1 Å². The molecule has 0 N–H and O–H groups in total. The molecule has 0 amide bonds. The summed E-state index contributed by atoms with van der Waals surface area (Å²) in [5.74, 6) is 1.95. The minimum absolute atomic E-state index is 0.350. The Morgan fingerprint density at radius 2 is 1.64 bits per heavy atom. The van der Waals surface area contributed by atoms with Gasteiger partial charge in [-0.15, -0.1) is 11.8 Å². The molecule has 6 nitrogen and oxygen atoms in total. The van der Waals surface area contributed by atoms with Crippen molar-refractivity contribution in [1.82, 2.24) is 19.1 Å². The standard InChI is InChI=1S/C21H26N4O2S/c1-12(2)7-8-28-19-16-18(24(5)21(27)25(6)20(16)26)22-17(23-19)15-10-13(3)9-14(4)11-15/h9-12H,7-8H2,1-6H3. The highest BCUT2D eigenvalue weighted by molar-refractivity contribution is 7.99. The molecule has 2 aromatic heterocycles. The monoisotopic (exact) mass is 398 g/mol. The number of thioether (sulfide) groups is 1. The van der Waals surface area contributed by atoms with Crippen LogP contribution < -0.4 is 11.2 Å². The van der Waals surface area contributed by atoms with Gasteiger partial charge in [-0.2, -0.15) is 0 Å². The summed E-state index contributed by atoms with van der Waals surface area (Å²) >= 11 is 1.55. The van der Waals surface area contributed by atoms with Crippen LogP contribution in [0.25, 0.3) is 22.4 Å². The fraction of sp³-hybridized carbons (Fsp3) is 0.429. The number of nitrogens with zero attached hydrogens (tertiary/aromatic N) is 4. The first-order chi connectivity index (χ1) is 13.2. The Kier molecular flexibility index (Phi) is 5.74. The van der Waals surface area contributed by atoms with Crippen LogP contribution in [-0.4, -0.2) is 24.9 Å². The Hall–Kier alpha value is -2.41. The number of fused-ring (bicyclic) bond motifs is 1. The molecule has 0 unspecified atom stereocenters. The quantitative estimate of drug-likeness (QED) is 0.486. The number of benzene rings is 1. The Morgan fingerprint density at radius 1 is 1.00 bits per heavy atom. The predicted molar refractivity (Wildman–Crippen MR) is 115 cm³/mol. The summed E-state index contributed by atoms with van der Waals surface area (Å²) in [6.45, 7) is 8.40. The minimum atomic E-state index is -0.388. The average molecular weight is 399 g/mol. The zero-order valence-electron chi connectivity index (χ0n) is 17.2. The average Bonchev–Trinajstić information content (AvgIpc) is 2.63. The van der Waals surface area contributed by atoms with Gasteiger partial charge in [-0.3, -0.25) is 13.9 Å². The molecule has 3 aromatic rings. The molecule has 148 valence electrons. The minimum Gasteiger partial charge on any atom is -0.280 e. The van der Waals surface area contributed by atoms with Gasteiger partial charge < -0.3 is 0 Å². The third-order valence-corrected chi connectivity index (χ3v) is 5.69. The van der Waals surface area contributed by atoms with Crippen molar-refractivity contribution >= 4 is 22.8 Å². The maximum Gasteiger partial charge on any atom is 0.332 e. The molecule has 0 saturated carbocycles. The zero-order valence-corrected chi connectivity index (χ0v) is 18.1. The molecule has 0 aliphatic carbocycles. The molecule has 0 atom stereocenters. The number of rotatable bonds is 5. The van der Waals surface area contributed by atoms with Gasteiger partial charge in [0.1, 0.15) is 10.4 Å². The van der Waals surface area contributed by atoms with Crippen LogP contribution >= 0.6 is 11.8 Å².